The molecule has 0 aliphatic carbocycles. The number of halogens is 2. The van der Waals surface area contributed by atoms with Gasteiger partial charge in [0.15, 0.2) is 0 Å². The van der Waals surface area contributed by atoms with Crippen LogP contribution in [0.25, 0.3) is 0 Å². The SMILES string of the molecule is CCOC(=O)/C(=C\Nc1ccccc1)C(=O)c1ccc(Cl)cc1Cl. The number of esters is 1. The van der Waals surface area contributed by atoms with Crippen molar-refractivity contribution in [1.82, 2.24) is 0 Å². The molecule has 0 aliphatic rings. The first-order valence-electron chi connectivity index (χ1n) is 7.21. The highest BCUT2D eigenvalue weighted by molar-refractivity contribution is 6.39. The number of hydrogen-bond acceptors (Lipinski definition) is 4. The standard InChI is InChI=1S/C18H15Cl2NO3/c1-2-24-18(23)15(11-21-13-6-4-3-5-7-13)17(22)14-9-8-12(19)10-16(14)20/h3-11,21H,2H2,1H3/b15-11-. The number of anilines is 1. The smallest absolute Gasteiger partial charge is 0.343 e. The Bertz CT molecular complexity index is 773. The number of rotatable bonds is 6. The van der Waals surface area contributed by atoms with Crippen molar-refractivity contribution in [3.63, 3.8) is 0 Å². The summed E-state index contributed by atoms with van der Waals surface area (Å²) < 4.78 is 4.96. The van der Waals surface area contributed by atoms with E-state index in [1.165, 1.54) is 24.4 Å². The van der Waals surface area contributed by atoms with E-state index in [-0.39, 0.29) is 22.8 Å². The number of carbonyl (C=O) groups is 2. The minimum absolute atomic E-state index is 0.148. The fraction of sp³-hybridized carbons (Fsp3) is 0.111. The van der Waals surface area contributed by atoms with Crippen LogP contribution in [-0.4, -0.2) is 18.4 Å². The molecule has 2 rings (SSSR count). The van der Waals surface area contributed by atoms with E-state index in [1.807, 2.05) is 18.2 Å². The van der Waals surface area contributed by atoms with Crippen LogP contribution in [0.1, 0.15) is 17.3 Å². The molecule has 0 unspecified atom stereocenters. The number of ketones is 1. The lowest BCUT2D eigenvalue weighted by atomic mass is 10.0. The lowest BCUT2D eigenvalue weighted by Gasteiger charge is -2.09. The summed E-state index contributed by atoms with van der Waals surface area (Å²) in [6.07, 6.45) is 1.32. The molecule has 6 heteroatoms. The van der Waals surface area contributed by atoms with Crippen LogP contribution in [0.3, 0.4) is 0 Å². The maximum Gasteiger partial charge on any atom is 0.343 e. The maximum atomic E-state index is 12.7. The Morgan fingerprint density at radius 1 is 1.12 bits per heavy atom. The van der Waals surface area contributed by atoms with E-state index in [0.717, 1.165) is 5.69 Å². The Labute approximate surface area is 150 Å². The molecule has 0 heterocycles. The van der Waals surface area contributed by atoms with Crippen molar-refractivity contribution in [1.29, 1.82) is 0 Å². The van der Waals surface area contributed by atoms with Crippen LogP contribution in [0.2, 0.25) is 10.0 Å². The van der Waals surface area contributed by atoms with Gasteiger partial charge in [0.25, 0.3) is 0 Å². The predicted molar refractivity (Wildman–Crippen MR) is 95.6 cm³/mol. The van der Waals surface area contributed by atoms with Crippen LogP contribution in [-0.2, 0) is 9.53 Å². The number of nitrogens with one attached hydrogen (secondary N) is 1. The van der Waals surface area contributed by atoms with E-state index in [9.17, 15) is 9.59 Å². The van der Waals surface area contributed by atoms with E-state index in [4.69, 9.17) is 27.9 Å². The van der Waals surface area contributed by atoms with E-state index >= 15 is 0 Å². The van der Waals surface area contributed by atoms with Gasteiger partial charge in [-0.05, 0) is 37.3 Å². The van der Waals surface area contributed by atoms with E-state index < -0.39 is 11.8 Å². The third kappa shape index (κ3) is 4.60. The summed E-state index contributed by atoms with van der Waals surface area (Å²) in [6, 6.07) is 13.6. The van der Waals surface area contributed by atoms with Crippen molar-refractivity contribution in [2.24, 2.45) is 0 Å². The zero-order valence-corrected chi connectivity index (χ0v) is 14.4. The first kappa shape index (κ1) is 18.0. The van der Waals surface area contributed by atoms with Gasteiger partial charge in [-0.15, -0.1) is 0 Å². The molecule has 0 radical (unpaired) electrons. The number of Topliss-reactive ketones (excluding diaryl/α,β-unsaturated/α-hetero) is 1. The lowest BCUT2D eigenvalue weighted by Crippen LogP contribution is -2.18. The van der Waals surface area contributed by atoms with Crippen LogP contribution < -0.4 is 5.32 Å². The molecule has 0 bridgehead atoms. The molecule has 0 fully saturated rings. The Morgan fingerprint density at radius 2 is 1.83 bits per heavy atom. The average Bonchev–Trinajstić information content (AvgIpc) is 2.56. The summed E-state index contributed by atoms with van der Waals surface area (Å²) in [5.41, 5.74) is 0.759. The van der Waals surface area contributed by atoms with Gasteiger partial charge in [-0.2, -0.15) is 0 Å². The maximum absolute atomic E-state index is 12.7. The van der Waals surface area contributed by atoms with Crippen LogP contribution in [0.15, 0.2) is 60.3 Å². The van der Waals surface area contributed by atoms with Crippen molar-refractivity contribution in [3.8, 4) is 0 Å². The molecule has 0 spiro atoms. The van der Waals surface area contributed by atoms with Gasteiger partial charge in [-0.3, -0.25) is 4.79 Å². The topological polar surface area (TPSA) is 55.4 Å². The molecule has 2 aromatic rings. The van der Waals surface area contributed by atoms with Gasteiger partial charge in [0.2, 0.25) is 5.78 Å². The Morgan fingerprint density at radius 3 is 2.46 bits per heavy atom. The highest BCUT2D eigenvalue weighted by Gasteiger charge is 2.23. The van der Waals surface area contributed by atoms with Gasteiger partial charge in [0.05, 0.1) is 11.6 Å². The summed E-state index contributed by atoms with van der Waals surface area (Å²) in [5.74, 6) is -1.27. The number of carbonyl (C=O) groups excluding carboxylic acids is 2. The molecule has 24 heavy (non-hydrogen) atoms. The van der Waals surface area contributed by atoms with Crippen molar-refractivity contribution in [2.45, 2.75) is 6.92 Å². The summed E-state index contributed by atoms with van der Waals surface area (Å²) in [5, 5.41) is 3.48. The summed E-state index contributed by atoms with van der Waals surface area (Å²) in [6.45, 7) is 1.82. The number of ether oxygens (including phenoxy) is 1. The second kappa shape index (κ2) is 8.52. The second-order valence-corrected chi connectivity index (χ2v) is 5.59. The first-order chi connectivity index (χ1) is 11.5. The molecule has 1 N–H and O–H groups in total. The summed E-state index contributed by atoms with van der Waals surface area (Å²) >= 11 is 11.9. The quantitative estimate of drug-likeness (QED) is 0.265. The van der Waals surface area contributed by atoms with Crippen molar-refractivity contribution in [2.75, 3.05) is 11.9 Å². The van der Waals surface area contributed by atoms with Gasteiger partial charge in [-0.25, -0.2) is 4.79 Å². The molecule has 0 amide bonds. The first-order valence-corrected chi connectivity index (χ1v) is 7.97. The highest BCUT2D eigenvalue weighted by atomic mass is 35.5. The zero-order valence-electron chi connectivity index (χ0n) is 12.9. The van der Waals surface area contributed by atoms with Crippen LogP contribution in [0.4, 0.5) is 5.69 Å². The molecule has 0 saturated heterocycles. The average molecular weight is 364 g/mol. The van der Waals surface area contributed by atoms with Crippen LogP contribution in [0.5, 0.6) is 0 Å². The molecular formula is C18H15Cl2NO3. The van der Waals surface area contributed by atoms with Gasteiger partial charge in [-0.1, -0.05) is 41.4 Å². The van der Waals surface area contributed by atoms with Crippen molar-refractivity contribution < 1.29 is 14.3 Å². The fourth-order valence-electron chi connectivity index (χ4n) is 1.93. The molecule has 4 nitrogen and oxygen atoms in total. The minimum atomic E-state index is -0.725. The molecule has 0 saturated carbocycles. The van der Waals surface area contributed by atoms with Crippen LogP contribution in [0, 0.1) is 0 Å². The Balaban J connectivity index is 2.34. The number of para-hydroxylation sites is 1. The highest BCUT2D eigenvalue weighted by Crippen LogP contribution is 2.24. The third-order valence-electron chi connectivity index (χ3n) is 3.07. The fourth-order valence-corrected chi connectivity index (χ4v) is 2.43. The van der Waals surface area contributed by atoms with Crippen molar-refractivity contribution >= 4 is 40.6 Å². The zero-order chi connectivity index (χ0) is 17.5. The molecule has 124 valence electrons. The van der Waals surface area contributed by atoms with Gasteiger partial charge >= 0.3 is 5.97 Å². The lowest BCUT2D eigenvalue weighted by molar-refractivity contribution is -0.138. The Hall–Kier alpha value is -2.30. The normalized spacial score (nSPS) is 11.0. The number of benzene rings is 2. The number of hydrogen-bond donors (Lipinski definition) is 1. The second-order valence-electron chi connectivity index (χ2n) is 4.74. The van der Waals surface area contributed by atoms with Crippen molar-refractivity contribution in [3.05, 3.63) is 75.9 Å². The van der Waals surface area contributed by atoms with Gasteiger partial charge in [0.1, 0.15) is 5.57 Å². The van der Waals surface area contributed by atoms with E-state index in [0.29, 0.717) is 5.02 Å². The van der Waals surface area contributed by atoms with Gasteiger partial charge < -0.3 is 10.1 Å². The summed E-state index contributed by atoms with van der Waals surface area (Å²) in [7, 11) is 0. The molecule has 0 atom stereocenters. The van der Waals surface area contributed by atoms with Crippen LogP contribution >= 0.6 is 23.2 Å². The molecule has 0 aliphatic heterocycles. The predicted octanol–water partition coefficient (Wildman–Crippen LogP) is 4.74. The van der Waals surface area contributed by atoms with E-state index in [2.05, 4.69) is 5.32 Å². The molecule has 0 aromatic heterocycles. The van der Waals surface area contributed by atoms with E-state index in [1.54, 1.807) is 19.1 Å². The molecule has 2 aromatic carbocycles. The monoisotopic (exact) mass is 363 g/mol. The summed E-state index contributed by atoms with van der Waals surface area (Å²) in [4.78, 5) is 24.8. The Kier molecular flexibility index (Phi) is 6.41. The molecular weight excluding hydrogens is 349 g/mol. The third-order valence-corrected chi connectivity index (χ3v) is 3.62. The largest absolute Gasteiger partial charge is 0.462 e. The minimum Gasteiger partial charge on any atom is -0.462 e. The van der Waals surface area contributed by atoms with Gasteiger partial charge in [0, 0.05) is 22.5 Å².